The van der Waals surface area contributed by atoms with E-state index in [0.29, 0.717) is 5.75 Å². The number of rotatable bonds is 6. The van der Waals surface area contributed by atoms with Gasteiger partial charge < -0.3 is 14.4 Å². The van der Waals surface area contributed by atoms with E-state index in [9.17, 15) is 10.1 Å². The molecule has 0 bridgehead atoms. The molecule has 0 saturated heterocycles. The Morgan fingerprint density at radius 3 is 2.45 bits per heavy atom. The van der Waals surface area contributed by atoms with Crippen LogP contribution in [-0.2, 0) is 9.53 Å². The van der Waals surface area contributed by atoms with Gasteiger partial charge in [0.15, 0.2) is 11.3 Å². The highest BCUT2D eigenvalue weighted by atomic mass is 16.5. The molecular weight excluding hydrogens is 364 g/mol. The maximum atomic E-state index is 12.3. The molecule has 0 unspecified atom stereocenters. The molecule has 1 aliphatic heterocycles. The number of hydrogen-bond donors (Lipinski definition) is 0. The van der Waals surface area contributed by atoms with Crippen molar-refractivity contribution in [2.45, 2.75) is 20.8 Å². The molecule has 5 nitrogen and oxygen atoms in total. The molecule has 0 amide bonds. The summed E-state index contributed by atoms with van der Waals surface area (Å²) in [4.78, 5) is 14.5. The minimum absolute atomic E-state index is 0.140. The Labute approximate surface area is 171 Å². The number of hydrogen-bond acceptors (Lipinski definition) is 5. The second-order valence-corrected chi connectivity index (χ2v) is 6.45. The first-order chi connectivity index (χ1) is 14.1. The van der Waals surface area contributed by atoms with Crippen molar-refractivity contribution >= 4 is 17.2 Å². The molecule has 0 atom stereocenters. The molecule has 29 heavy (non-hydrogen) atoms. The first-order valence-electron chi connectivity index (χ1n) is 9.78. The Morgan fingerprint density at radius 2 is 1.83 bits per heavy atom. The summed E-state index contributed by atoms with van der Waals surface area (Å²) in [5.41, 5.74) is 3.67. The molecule has 0 fully saturated rings. The fourth-order valence-corrected chi connectivity index (χ4v) is 3.34. The number of nitrogens with zero attached hydrogens (tertiary/aromatic N) is 2. The zero-order valence-corrected chi connectivity index (χ0v) is 16.9. The standard InChI is InChI=1S/C24H24N2O3/c1-4-26(5-2)18-12-13-19-20(17-10-8-7-9-11-17)15-23(29-22(19)14-18)21(16-25)24(27)28-6-3/h7-15H,4-6H2,1-3H3/b23-21+. The predicted octanol–water partition coefficient (Wildman–Crippen LogP) is 4.70. The highest BCUT2D eigenvalue weighted by Crippen LogP contribution is 2.40. The number of benzene rings is 2. The van der Waals surface area contributed by atoms with Gasteiger partial charge in [-0.15, -0.1) is 0 Å². The molecule has 3 rings (SSSR count). The first kappa shape index (κ1) is 20.2. The summed E-state index contributed by atoms with van der Waals surface area (Å²) >= 11 is 0. The summed E-state index contributed by atoms with van der Waals surface area (Å²) in [6.07, 6.45) is 1.74. The molecule has 0 spiro atoms. The summed E-state index contributed by atoms with van der Waals surface area (Å²) in [6, 6.07) is 17.8. The summed E-state index contributed by atoms with van der Waals surface area (Å²) in [5.74, 6) is 0.133. The average molecular weight is 388 g/mol. The van der Waals surface area contributed by atoms with E-state index in [1.807, 2.05) is 48.5 Å². The summed E-state index contributed by atoms with van der Waals surface area (Å²) < 4.78 is 11.1. The largest absolute Gasteiger partial charge is 0.462 e. The topological polar surface area (TPSA) is 62.6 Å². The van der Waals surface area contributed by atoms with E-state index in [-0.39, 0.29) is 17.9 Å². The first-order valence-corrected chi connectivity index (χ1v) is 9.78. The van der Waals surface area contributed by atoms with E-state index < -0.39 is 5.97 Å². The van der Waals surface area contributed by atoms with E-state index >= 15 is 0 Å². The van der Waals surface area contributed by atoms with Gasteiger partial charge in [-0.3, -0.25) is 0 Å². The molecule has 1 aliphatic rings. The van der Waals surface area contributed by atoms with Crippen LogP contribution in [0.4, 0.5) is 5.69 Å². The van der Waals surface area contributed by atoms with Crippen molar-refractivity contribution in [3.05, 3.63) is 77.1 Å². The lowest BCUT2D eigenvalue weighted by Gasteiger charge is -2.26. The molecule has 0 aliphatic carbocycles. The summed E-state index contributed by atoms with van der Waals surface area (Å²) in [5, 5.41) is 9.57. The number of anilines is 1. The van der Waals surface area contributed by atoms with E-state index in [0.717, 1.165) is 35.5 Å². The minimum atomic E-state index is -0.683. The molecule has 0 N–H and O–H groups in total. The van der Waals surface area contributed by atoms with Crippen LogP contribution in [0.15, 0.2) is 65.9 Å². The van der Waals surface area contributed by atoms with Gasteiger partial charge in [0, 0.05) is 30.4 Å². The van der Waals surface area contributed by atoms with Crippen LogP contribution in [0.1, 0.15) is 31.9 Å². The Kier molecular flexibility index (Phi) is 6.36. The molecule has 0 saturated carbocycles. The third-order valence-electron chi connectivity index (χ3n) is 4.80. The van der Waals surface area contributed by atoms with Gasteiger partial charge in [-0.1, -0.05) is 30.3 Å². The fraction of sp³-hybridized carbons (Fsp3) is 0.250. The fourth-order valence-electron chi connectivity index (χ4n) is 3.34. The van der Waals surface area contributed by atoms with Crippen LogP contribution in [0.2, 0.25) is 0 Å². The van der Waals surface area contributed by atoms with Crippen LogP contribution >= 0.6 is 0 Å². The minimum Gasteiger partial charge on any atom is -0.462 e. The number of esters is 1. The average Bonchev–Trinajstić information content (AvgIpc) is 2.75. The van der Waals surface area contributed by atoms with Gasteiger partial charge in [0.25, 0.3) is 0 Å². The van der Waals surface area contributed by atoms with Crippen molar-refractivity contribution in [2.24, 2.45) is 0 Å². The highest BCUT2D eigenvalue weighted by Gasteiger charge is 2.25. The zero-order chi connectivity index (χ0) is 20.8. The van der Waals surface area contributed by atoms with Gasteiger partial charge in [-0.05, 0) is 50.1 Å². The molecule has 148 valence electrons. The van der Waals surface area contributed by atoms with E-state index in [1.165, 1.54) is 0 Å². The van der Waals surface area contributed by atoms with Crippen molar-refractivity contribution in [2.75, 3.05) is 24.6 Å². The number of carbonyl (C=O) groups is 1. The number of ether oxygens (including phenoxy) is 2. The third-order valence-corrected chi connectivity index (χ3v) is 4.80. The van der Waals surface area contributed by atoms with Gasteiger partial charge in [0.2, 0.25) is 0 Å². The van der Waals surface area contributed by atoms with Crippen LogP contribution < -0.4 is 9.64 Å². The lowest BCUT2D eigenvalue weighted by Crippen LogP contribution is -2.22. The second kappa shape index (κ2) is 9.11. The van der Waals surface area contributed by atoms with Crippen LogP contribution in [0, 0.1) is 11.3 Å². The Balaban J connectivity index is 2.19. The number of nitriles is 1. The van der Waals surface area contributed by atoms with E-state index in [1.54, 1.807) is 13.0 Å². The van der Waals surface area contributed by atoms with Gasteiger partial charge in [0.1, 0.15) is 11.8 Å². The van der Waals surface area contributed by atoms with Crippen LogP contribution in [0.25, 0.3) is 5.57 Å². The van der Waals surface area contributed by atoms with Crippen molar-refractivity contribution < 1.29 is 14.3 Å². The van der Waals surface area contributed by atoms with Crippen molar-refractivity contribution in [3.8, 4) is 11.8 Å². The maximum Gasteiger partial charge on any atom is 0.352 e. The molecule has 1 heterocycles. The molecule has 2 aromatic carbocycles. The van der Waals surface area contributed by atoms with Gasteiger partial charge in [-0.2, -0.15) is 5.26 Å². The predicted molar refractivity (Wildman–Crippen MR) is 113 cm³/mol. The third kappa shape index (κ3) is 4.17. The Bertz CT molecular complexity index is 997. The molecular formula is C24H24N2O3. The monoisotopic (exact) mass is 388 g/mol. The smallest absolute Gasteiger partial charge is 0.352 e. The van der Waals surface area contributed by atoms with E-state index in [4.69, 9.17) is 9.47 Å². The second-order valence-electron chi connectivity index (χ2n) is 6.45. The SMILES string of the molecule is CCOC(=O)/C(C#N)=C1\C=C(c2ccccc2)c2ccc(N(CC)CC)cc2O1. The molecule has 0 aromatic heterocycles. The van der Waals surface area contributed by atoms with Crippen molar-refractivity contribution in [1.29, 1.82) is 5.26 Å². The highest BCUT2D eigenvalue weighted by molar-refractivity contribution is 5.96. The van der Waals surface area contributed by atoms with Crippen LogP contribution in [0.5, 0.6) is 5.75 Å². The Hall–Kier alpha value is -3.52. The molecule has 5 heteroatoms. The molecule has 2 aromatic rings. The summed E-state index contributed by atoms with van der Waals surface area (Å²) in [7, 11) is 0. The van der Waals surface area contributed by atoms with Crippen molar-refractivity contribution in [3.63, 3.8) is 0 Å². The Morgan fingerprint density at radius 1 is 1.10 bits per heavy atom. The number of carbonyl (C=O) groups excluding carboxylic acids is 1. The molecule has 0 radical (unpaired) electrons. The van der Waals surface area contributed by atoms with Crippen LogP contribution in [-0.4, -0.2) is 25.7 Å². The van der Waals surface area contributed by atoms with E-state index in [2.05, 4.69) is 24.8 Å². The van der Waals surface area contributed by atoms with Gasteiger partial charge in [0.05, 0.1) is 6.61 Å². The normalized spacial score (nSPS) is 14.1. The van der Waals surface area contributed by atoms with Gasteiger partial charge >= 0.3 is 5.97 Å². The maximum absolute atomic E-state index is 12.3. The summed E-state index contributed by atoms with van der Waals surface area (Å²) in [6.45, 7) is 7.82. The van der Waals surface area contributed by atoms with Gasteiger partial charge in [-0.25, -0.2) is 4.79 Å². The number of fused-ring (bicyclic) bond motifs is 1. The van der Waals surface area contributed by atoms with Crippen molar-refractivity contribution in [1.82, 2.24) is 0 Å². The lowest BCUT2D eigenvalue weighted by atomic mass is 9.93. The quantitative estimate of drug-likeness (QED) is 0.408. The zero-order valence-electron chi connectivity index (χ0n) is 16.9. The lowest BCUT2D eigenvalue weighted by molar-refractivity contribution is -0.138. The number of allylic oxidation sites excluding steroid dienone is 1. The van der Waals surface area contributed by atoms with Crippen LogP contribution in [0.3, 0.4) is 0 Å².